The number of thioether (sulfide) groups is 1. The first-order valence-corrected chi connectivity index (χ1v) is 7.36. The number of hydrogen-bond donors (Lipinski definition) is 1. The molecule has 0 spiro atoms. The van der Waals surface area contributed by atoms with Gasteiger partial charge in [0.25, 0.3) is 5.89 Å². The maximum absolute atomic E-state index is 5.98. The molecule has 100 valence electrons. The predicted molar refractivity (Wildman–Crippen MR) is 75.2 cm³/mol. The van der Waals surface area contributed by atoms with Crippen LogP contribution in [0.2, 0.25) is 5.02 Å². The van der Waals surface area contributed by atoms with E-state index in [9.17, 15) is 0 Å². The summed E-state index contributed by atoms with van der Waals surface area (Å²) in [6.07, 6.45) is -0.114. The third-order valence-corrected chi connectivity index (χ3v) is 4.15. The van der Waals surface area contributed by atoms with E-state index in [1.807, 2.05) is 11.8 Å². The van der Waals surface area contributed by atoms with Gasteiger partial charge in [-0.2, -0.15) is 16.7 Å². The monoisotopic (exact) mass is 297 g/mol. The smallest absolute Gasteiger partial charge is 0.260 e. The van der Waals surface area contributed by atoms with Gasteiger partial charge in [0.05, 0.1) is 22.9 Å². The fraction of sp³-hybridized carbons (Fsp3) is 0.333. The van der Waals surface area contributed by atoms with Gasteiger partial charge in [0.1, 0.15) is 6.10 Å². The van der Waals surface area contributed by atoms with Crippen LogP contribution in [-0.2, 0) is 4.74 Å². The Hall–Kier alpha value is -1.24. The van der Waals surface area contributed by atoms with Gasteiger partial charge in [-0.25, -0.2) is 0 Å². The zero-order chi connectivity index (χ0) is 13.2. The number of benzene rings is 1. The van der Waals surface area contributed by atoms with Gasteiger partial charge in [-0.15, -0.1) is 0 Å². The van der Waals surface area contributed by atoms with E-state index in [4.69, 9.17) is 26.6 Å². The molecule has 1 aromatic carbocycles. The molecular weight excluding hydrogens is 286 g/mol. The second-order valence-electron chi connectivity index (χ2n) is 4.09. The van der Waals surface area contributed by atoms with E-state index < -0.39 is 0 Å². The second-order valence-corrected chi connectivity index (χ2v) is 5.65. The fourth-order valence-corrected chi connectivity index (χ4v) is 2.85. The SMILES string of the molecule is Nc1c(Cl)cccc1-c1nc(C2CSCCO2)no1. The third-order valence-electron chi connectivity index (χ3n) is 2.83. The average Bonchev–Trinajstić information content (AvgIpc) is 2.92. The van der Waals surface area contributed by atoms with Crippen molar-refractivity contribution < 1.29 is 9.26 Å². The first-order valence-electron chi connectivity index (χ1n) is 5.83. The van der Waals surface area contributed by atoms with Crippen LogP contribution in [0.3, 0.4) is 0 Å². The summed E-state index contributed by atoms with van der Waals surface area (Å²) in [5.41, 5.74) is 7.00. The second kappa shape index (κ2) is 5.40. The number of nitrogens with two attached hydrogens (primary N) is 1. The quantitative estimate of drug-likeness (QED) is 0.859. The van der Waals surface area contributed by atoms with Crippen LogP contribution in [0.1, 0.15) is 11.9 Å². The molecule has 2 heterocycles. The number of para-hydroxylation sites is 1. The van der Waals surface area contributed by atoms with Crippen LogP contribution in [0.15, 0.2) is 22.7 Å². The number of hydrogen-bond acceptors (Lipinski definition) is 6. The van der Waals surface area contributed by atoms with Crippen LogP contribution in [0, 0.1) is 0 Å². The van der Waals surface area contributed by atoms with Crippen molar-refractivity contribution in [2.45, 2.75) is 6.10 Å². The summed E-state index contributed by atoms with van der Waals surface area (Å²) in [6.45, 7) is 0.707. The lowest BCUT2D eigenvalue weighted by atomic mass is 10.2. The zero-order valence-corrected chi connectivity index (χ0v) is 11.6. The lowest BCUT2D eigenvalue weighted by Crippen LogP contribution is -2.16. The molecule has 0 saturated carbocycles. The number of ether oxygens (including phenoxy) is 1. The number of halogens is 1. The molecule has 3 rings (SSSR count). The normalized spacial score (nSPS) is 19.5. The molecule has 1 aromatic heterocycles. The van der Waals surface area contributed by atoms with Gasteiger partial charge in [0.2, 0.25) is 5.82 Å². The van der Waals surface area contributed by atoms with Gasteiger partial charge in [-0.05, 0) is 12.1 Å². The molecule has 1 unspecified atom stereocenters. The molecule has 0 radical (unpaired) electrons. The van der Waals surface area contributed by atoms with Crippen LogP contribution < -0.4 is 5.73 Å². The van der Waals surface area contributed by atoms with E-state index >= 15 is 0 Å². The van der Waals surface area contributed by atoms with Crippen molar-refractivity contribution in [1.82, 2.24) is 10.1 Å². The van der Waals surface area contributed by atoms with E-state index in [1.54, 1.807) is 18.2 Å². The predicted octanol–water partition coefficient (Wildman–Crippen LogP) is 2.78. The van der Waals surface area contributed by atoms with E-state index in [-0.39, 0.29) is 6.10 Å². The summed E-state index contributed by atoms with van der Waals surface area (Å²) in [5, 5.41) is 4.44. The minimum Gasteiger partial charge on any atom is -0.397 e. The van der Waals surface area contributed by atoms with Crippen molar-refractivity contribution in [3.8, 4) is 11.5 Å². The van der Waals surface area contributed by atoms with Crippen molar-refractivity contribution in [1.29, 1.82) is 0 Å². The summed E-state index contributed by atoms with van der Waals surface area (Å²) in [7, 11) is 0. The van der Waals surface area contributed by atoms with Crippen LogP contribution >= 0.6 is 23.4 Å². The summed E-state index contributed by atoms with van der Waals surface area (Å²) in [5.74, 6) is 2.77. The number of nitrogens with zero attached hydrogens (tertiary/aromatic N) is 2. The maximum Gasteiger partial charge on any atom is 0.260 e. The standard InChI is InChI=1S/C12H12ClN3O2S/c13-8-3-1-2-7(10(8)14)12-15-11(16-18-12)9-6-19-5-4-17-9/h1-3,9H,4-6,14H2. The first-order chi connectivity index (χ1) is 9.25. The zero-order valence-electron chi connectivity index (χ0n) is 10.0. The third kappa shape index (κ3) is 2.56. The summed E-state index contributed by atoms with van der Waals surface area (Å²) in [4.78, 5) is 4.35. The van der Waals surface area contributed by atoms with E-state index in [1.165, 1.54) is 0 Å². The minimum atomic E-state index is -0.114. The van der Waals surface area contributed by atoms with Gasteiger partial charge < -0.3 is 15.0 Å². The van der Waals surface area contributed by atoms with E-state index in [0.29, 0.717) is 34.6 Å². The Labute approximate surface area is 119 Å². The summed E-state index contributed by atoms with van der Waals surface area (Å²) in [6, 6.07) is 5.32. The van der Waals surface area contributed by atoms with Crippen LogP contribution in [-0.4, -0.2) is 28.3 Å². The Morgan fingerprint density at radius 2 is 2.32 bits per heavy atom. The van der Waals surface area contributed by atoms with Crippen LogP contribution in [0.5, 0.6) is 0 Å². The maximum atomic E-state index is 5.98. The van der Waals surface area contributed by atoms with Gasteiger partial charge >= 0.3 is 0 Å². The molecule has 5 nitrogen and oxygen atoms in total. The van der Waals surface area contributed by atoms with Crippen LogP contribution in [0.4, 0.5) is 5.69 Å². The highest BCUT2D eigenvalue weighted by atomic mass is 35.5. The average molecular weight is 298 g/mol. The molecule has 2 aromatic rings. The molecule has 7 heteroatoms. The molecule has 0 amide bonds. The molecule has 0 aliphatic carbocycles. The summed E-state index contributed by atoms with van der Waals surface area (Å²) < 4.78 is 10.9. The van der Waals surface area contributed by atoms with Gasteiger partial charge in [-0.1, -0.05) is 22.8 Å². The van der Waals surface area contributed by atoms with E-state index in [2.05, 4.69) is 10.1 Å². The van der Waals surface area contributed by atoms with Crippen LogP contribution in [0.25, 0.3) is 11.5 Å². The highest BCUT2D eigenvalue weighted by molar-refractivity contribution is 7.99. The fourth-order valence-electron chi connectivity index (χ4n) is 1.84. The van der Waals surface area contributed by atoms with Crippen molar-refractivity contribution >= 4 is 29.1 Å². The first kappa shape index (κ1) is 12.8. The molecule has 2 N–H and O–H groups in total. The number of nitrogen functional groups attached to an aromatic ring is 1. The van der Waals surface area contributed by atoms with E-state index in [0.717, 1.165) is 11.5 Å². The Bertz CT molecular complexity index is 584. The minimum absolute atomic E-state index is 0.114. The molecule has 0 bridgehead atoms. The molecule has 1 atom stereocenters. The lowest BCUT2D eigenvalue weighted by Gasteiger charge is -2.18. The number of aromatic nitrogens is 2. The van der Waals surface area contributed by atoms with Crippen molar-refractivity contribution in [3.63, 3.8) is 0 Å². The van der Waals surface area contributed by atoms with Gasteiger partial charge in [0, 0.05) is 11.5 Å². The molecular formula is C12H12ClN3O2S. The largest absolute Gasteiger partial charge is 0.397 e. The lowest BCUT2D eigenvalue weighted by molar-refractivity contribution is 0.0677. The van der Waals surface area contributed by atoms with Crippen molar-refractivity contribution in [2.75, 3.05) is 23.8 Å². The highest BCUT2D eigenvalue weighted by Gasteiger charge is 2.23. The van der Waals surface area contributed by atoms with Crippen molar-refractivity contribution in [2.24, 2.45) is 0 Å². The Kier molecular flexibility index (Phi) is 3.63. The molecule has 1 fully saturated rings. The Balaban J connectivity index is 1.90. The number of anilines is 1. The number of rotatable bonds is 2. The molecule has 19 heavy (non-hydrogen) atoms. The Morgan fingerprint density at radius 3 is 3.11 bits per heavy atom. The Morgan fingerprint density at radius 1 is 1.42 bits per heavy atom. The van der Waals surface area contributed by atoms with Gasteiger partial charge in [0.15, 0.2) is 0 Å². The molecule has 1 saturated heterocycles. The molecule has 1 aliphatic rings. The van der Waals surface area contributed by atoms with Gasteiger partial charge in [-0.3, -0.25) is 0 Å². The summed E-state index contributed by atoms with van der Waals surface area (Å²) >= 11 is 7.79. The van der Waals surface area contributed by atoms with Crippen molar-refractivity contribution in [3.05, 3.63) is 29.0 Å². The highest BCUT2D eigenvalue weighted by Crippen LogP contribution is 2.32. The molecule has 1 aliphatic heterocycles. The topological polar surface area (TPSA) is 74.2 Å².